The highest BCUT2D eigenvalue weighted by atomic mass is 35.5. The van der Waals surface area contributed by atoms with E-state index in [0.717, 1.165) is 30.7 Å². The van der Waals surface area contributed by atoms with E-state index < -0.39 is 15.9 Å². The molecule has 3 aromatic carbocycles. The summed E-state index contributed by atoms with van der Waals surface area (Å²) in [6, 6.07) is 17.6. The van der Waals surface area contributed by atoms with Crippen molar-refractivity contribution in [1.29, 1.82) is 0 Å². The molecule has 1 amide bonds. The van der Waals surface area contributed by atoms with Crippen LogP contribution in [0.1, 0.15) is 36.2 Å². The van der Waals surface area contributed by atoms with Gasteiger partial charge in [-0.2, -0.15) is 8.42 Å². The van der Waals surface area contributed by atoms with E-state index in [0.29, 0.717) is 16.1 Å². The van der Waals surface area contributed by atoms with Gasteiger partial charge in [0.2, 0.25) is 0 Å². The Labute approximate surface area is 192 Å². The molecule has 8 heteroatoms. The third-order valence-electron chi connectivity index (χ3n) is 5.03. The van der Waals surface area contributed by atoms with E-state index in [2.05, 4.69) is 0 Å². The van der Waals surface area contributed by atoms with Gasteiger partial charge < -0.3 is 9.08 Å². The van der Waals surface area contributed by atoms with Crippen LogP contribution in [0.3, 0.4) is 0 Å². The van der Waals surface area contributed by atoms with Gasteiger partial charge >= 0.3 is 10.1 Å². The van der Waals surface area contributed by atoms with Crippen LogP contribution in [0.25, 0.3) is 0 Å². The van der Waals surface area contributed by atoms with Crippen molar-refractivity contribution in [3.8, 4) is 5.75 Å². The smallest absolute Gasteiger partial charge is 0.339 e. The second-order valence-electron chi connectivity index (χ2n) is 7.34. The average Bonchev–Trinajstić information content (AvgIpc) is 2.77. The molecule has 0 bridgehead atoms. The van der Waals surface area contributed by atoms with Crippen LogP contribution in [0.15, 0.2) is 77.7 Å². The zero-order valence-electron chi connectivity index (χ0n) is 17.7. The Bertz CT molecular complexity index is 1180. The van der Waals surface area contributed by atoms with Crippen molar-refractivity contribution in [3.05, 3.63) is 94.8 Å². The highest BCUT2D eigenvalue weighted by Crippen LogP contribution is 2.23. The molecule has 3 rings (SSSR count). The van der Waals surface area contributed by atoms with Gasteiger partial charge in [0.25, 0.3) is 5.91 Å². The SMILES string of the molecule is CCC(C)N(Cc1cccc(OS(=O)(=O)c2ccc(F)cc2)c1)C(=O)c1ccc(Cl)cc1. The lowest BCUT2D eigenvalue weighted by Crippen LogP contribution is -2.37. The number of carbonyl (C=O) groups is 1. The lowest BCUT2D eigenvalue weighted by atomic mass is 10.1. The van der Waals surface area contributed by atoms with Crippen molar-refractivity contribution >= 4 is 27.6 Å². The van der Waals surface area contributed by atoms with Crippen molar-refractivity contribution in [2.24, 2.45) is 0 Å². The molecule has 0 saturated carbocycles. The summed E-state index contributed by atoms with van der Waals surface area (Å²) >= 11 is 5.93. The van der Waals surface area contributed by atoms with Gasteiger partial charge in [0.05, 0.1) is 0 Å². The van der Waals surface area contributed by atoms with Crippen molar-refractivity contribution in [3.63, 3.8) is 0 Å². The topological polar surface area (TPSA) is 63.7 Å². The van der Waals surface area contributed by atoms with Crippen molar-refractivity contribution in [1.82, 2.24) is 4.90 Å². The summed E-state index contributed by atoms with van der Waals surface area (Å²) in [6.45, 7) is 4.21. The molecule has 0 heterocycles. The molecule has 5 nitrogen and oxygen atoms in total. The van der Waals surface area contributed by atoms with E-state index in [-0.39, 0.29) is 29.1 Å². The van der Waals surface area contributed by atoms with Crippen LogP contribution in [0.4, 0.5) is 4.39 Å². The molecule has 0 saturated heterocycles. The number of benzene rings is 3. The Kier molecular flexibility index (Phi) is 7.53. The minimum atomic E-state index is -4.12. The standard InChI is InChI=1S/C24H23ClFNO4S/c1-3-17(2)27(24(28)19-7-9-20(25)10-8-19)16-18-5-4-6-22(15-18)31-32(29,30)23-13-11-21(26)12-14-23/h4-15,17H,3,16H2,1-2H3. The highest BCUT2D eigenvalue weighted by Gasteiger charge is 2.22. The first-order chi connectivity index (χ1) is 15.2. The minimum absolute atomic E-state index is 0.0503. The van der Waals surface area contributed by atoms with Crippen LogP contribution < -0.4 is 4.18 Å². The zero-order chi connectivity index (χ0) is 23.3. The fourth-order valence-electron chi connectivity index (χ4n) is 3.07. The quantitative estimate of drug-likeness (QED) is 0.393. The van der Waals surface area contributed by atoms with E-state index in [1.165, 1.54) is 6.07 Å². The molecule has 0 fully saturated rings. The Morgan fingerprint density at radius 3 is 2.34 bits per heavy atom. The summed E-state index contributed by atoms with van der Waals surface area (Å²) in [5.41, 5.74) is 1.22. The van der Waals surface area contributed by atoms with Crippen molar-refractivity contribution in [2.45, 2.75) is 37.8 Å². The summed E-state index contributed by atoms with van der Waals surface area (Å²) in [5.74, 6) is -0.586. The summed E-state index contributed by atoms with van der Waals surface area (Å²) in [4.78, 5) is 14.7. The number of hydrogen-bond donors (Lipinski definition) is 0. The van der Waals surface area contributed by atoms with E-state index in [4.69, 9.17) is 15.8 Å². The van der Waals surface area contributed by atoms with Gasteiger partial charge in [0, 0.05) is 23.2 Å². The molecule has 0 aliphatic rings. The van der Waals surface area contributed by atoms with Gasteiger partial charge in [-0.15, -0.1) is 0 Å². The third-order valence-corrected chi connectivity index (χ3v) is 6.55. The second-order valence-corrected chi connectivity index (χ2v) is 9.32. The van der Waals surface area contributed by atoms with Gasteiger partial charge in [-0.05, 0) is 79.6 Å². The fraction of sp³-hybridized carbons (Fsp3) is 0.208. The molecule has 3 aromatic rings. The molecule has 1 atom stereocenters. The first-order valence-electron chi connectivity index (χ1n) is 10.0. The highest BCUT2D eigenvalue weighted by molar-refractivity contribution is 7.87. The molecule has 0 spiro atoms. The first-order valence-corrected chi connectivity index (χ1v) is 11.8. The van der Waals surface area contributed by atoms with Gasteiger partial charge in [-0.25, -0.2) is 4.39 Å². The molecule has 168 valence electrons. The number of amides is 1. The van der Waals surface area contributed by atoms with Crippen LogP contribution in [0.2, 0.25) is 5.02 Å². The second kappa shape index (κ2) is 10.1. The van der Waals surface area contributed by atoms with Gasteiger partial charge in [-0.1, -0.05) is 30.7 Å². The molecule has 0 aromatic heterocycles. The van der Waals surface area contributed by atoms with Crippen molar-refractivity contribution in [2.75, 3.05) is 0 Å². The van der Waals surface area contributed by atoms with Crippen LogP contribution >= 0.6 is 11.6 Å². The summed E-state index contributed by atoms with van der Waals surface area (Å²) in [6.07, 6.45) is 0.745. The lowest BCUT2D eigenvalue weighted by Gasteiger charge is -2.29. The van der Waals surface area contributed by atoms with E-state index in [9.17, 15) is 17.6 Å². The molecular weight excluding hydrogens is 453 g/mol. The Hall–Kier alpha value is -2.90. The lowest BCUT2D eigenvalue weighted by molar-refractivity contribution is 0.0671. The largest absolute Gasteiger partial charge is 0.379 e. The maximum absolute atomic E-state index is 13.1. The van der Waals surface area contributed by atoms with Gasteiger partial charge in [0.15, 0.2) is 0 Å². The van der Waals surface area contributed by atoms with E-state index in [1.54, 1.807) is 47.4 Å². The molecule has 32 heavy (non-hydrogen) atoms. The Balaban J connectivity index is 1.82. The summed E-state index contributed by atoms with van der Waals surface area (Å²) < 4.78 is 43.3. The van der Waals surface area contributed by atoms with Crippen LogP contribution in [-0.2, 0) is 16.7 Å². The van der Waals surface area contributed by atoms with Crippen LogP contribution in [0, 0.1) is 5.82 Å². The van der Waals surface area contributed by atoms with Gasteiger partial charge in [-0.3, -0.25) is 4.79 Å². The van der Waals surface area contributed by atoms with E-state index in [1.807, 2.05) is 13.8 Å². The molecule has 1 unspecified atom stereocenters. The molecular formula is C24H23ClFNO4S. The molecule has 0 N–H and O–H groups in total. The monoisotopic (exact) mass is 475 g/mol. The predicted molar refractivity (Wildman–Crippen MR) is 122 cm³/mol. The summed E-state index contributed by atoms with van der Waals surface area (Å²) in [5, 5.41) is 0.545. The van der Waals surface area contributed by atoms with Crippen LogP contribution in [0.5, 0.6) is 5.75 Å². The van der Waals surface area contributed by atoms with Crippen LogP contribution in [-0.4, -0.2) is 25.3 Å². The number of halogens is 2. The number of nitrogens with zero attached hydrogens (tertiary/aromatic N) is 1. The summed E-state index contributed by atoms with van der Waals surface area (Å²) in [7, 11) is -4.12. The minimum Gasteiger partial charge on any atom is -0.379 e. The maximum Gasteiger partial charge on any atom is 0.339 e. The van der Waals surface area contributed by atoms with E-state index >= 15 is 0 Å². The maximum atomic E-state index is 13.1. The number of hydrogen-bond acceptors (Lipinski definition) is 4. The zero-order valence-corrected chi connectivity index (χ0v) is 19.2. The Morgan fingerprint density at radius 1 is 1.06 bits per heavy atom. The fourth-order valence-corrected chi connectivity index (χ4v) is 4.12. The number of rotatable bonds is 8. The Morgan fingerprint density at radius 2 is 1.72 bits per heavy atom. The van der Waals surface area contributed by atoms with Crippen molar-refractivity contribution < 1.29 is 21.8 Å². The third kappa shape index (κ3) is 5.87. The van der Waals surface area contributed by atoms with Gasteiger partial charge in [0.1, 0.15) is 16.5 Å². The predicted octanol–water partition coefficient (Wildman–Crippen LogP) is 5.69. The average molecular weight is 476 g/mol. The molecule has 0 radical (unpaired) electrons. The first kappa shape index (κ1) is 23.8. The molecule has 0 aliphatic carbocycles. The normalized spacial score (nSPS) is 12.2. The molecule has 0 aliphatic heterocycles. The number of carbonyl (C=O) groups excluding carboxylic acids is 1.